The van der Waals surface area contributed by atoms with E-state index >= 15 is 0 Å². The van der Waals surface area contributed by atoms with Gasteiger partial charge in [-0.2, -0.15) is 13.2 Å². The first-order valence-electron chi connectivity index (χ1n) is 14.2. The standard InChI is InChI=1S/C32H23ClF3N3O6S2/c1-2-45-30(43)17-9-13-19(14-10-17)37-22(40)15-38-29-26(47-31(38)44)23(16-7-11-18(33)12-8-16)24-25(46-29)28(42)39(27(24)41)21-6-4-3-5-20(21)32(34,35)36/h3-14,23-25H,2,15H2,1H3,(H,37,40)/t23-,24-,25+/m0/s1. The van der Waals surface area contributed by atoms with Crippen LogP contribution in [0.1, 0.15) is 39.2 Å². The van der Waals surface area contributed by atoms with Gasteiger partial charge < -0.3 is 10.1 Å². The number of anilines is 2. The number of amides is 3. The molecule has 4 aromatic rings. The molecule has 242 valence electrons. The average molecular weight is 702 g/mol. The van der Waals surface area contributed by atoms with Gasteiger partial charge in [-0.15, -0.1) is 0 Å². The molecule has 0 spiro atoms. The molecule has 3 heterocycles. The molecule has 0 bridgehead atoms. The van der Waals surface area contributed by atoms with Crippen LogP contribution in [0.5, 0.6) is 0 Å². The van der Waals surface area contributed by atoms with Crippen LogP contribution in [0, 0.1) is 5.92 Å². The van der Waals surface area contributed by atoms with Crippen LogP contribution in [-0.4, -0.2) is 40.1 Å². The number of aromatic nitrogens is 1. The van der Waals surface area contributed by atoms with Gasteiger partial charge in [0.2, 0.25) is 17.7 Å². The molecule has 0 unspecified atom stereocenters. The number of halogens is 4. The van der Waals surface area contributed by atoms with Gasteiger partial charge in [-0.05, 0) is 61.0 Å². The molecule has 9 nitrogen and oxygen atoms in total. The van der Waals surface area contributed by atoms with Crippen molar-refractivity contribution in [3.05, 3.63) is 109 Å². The molecule has 3 atom stereocenters. The van der Waals surface area contributed by atoms with Crippen LogP contribution in [0.25, 0.3) is 0 Å². The summed E-state index contributed by atoms with van der Waals surface area (Å²) in [6.07, 6.45) is -4.83. The van der Waals surface area contributed by atoms with Crippen molar-refractivity contribution in [2.24, 2.45) is 5.92 Å². The normalized spacial score (nSPS) is 18.9. The molecule has 0 saturated carbocycles. The molecule has 6 rings (SSSR count). The van der Waals surface area contributed by atoms with Crippen LogP contribution in [0.15, 0.2) is 82.6 Å². The van der Waals surface area contributed by atoms with E-state index < -0.39 is 69.6 Å². The summed E-state index contributed by atoms with van der Waals surface area (Å²) in [6, 6.07) is 16.7. The Morgan fingerprint density at radius 1 is 0.957 bits per heavy atom. The molecule has 3 amide bonds. The van der Waals surface area contributed by atoms with Gasteiger partial charge in [0.05, 0.1) is 34.4 Å². The summed E-state index contributed by atoms with van der Waals surface area (Å²) in [5, 5.41) is 2.14. The second kappa shape index (κ2) is 12.7. The Bertz CT molecular complexity index is 1960. The lowest BCUT2D eigenvalue weighted by atomic mass is 9.83. The van der Waals surface area contributed by atoms with Gasteiger partial charge in [-0.25, -0.2) is 9.69 Å². The molecule has 1 fully saturated rings. The van der Waals surface area contributed by atoms with Gasteiger partial charge in [0.1, 0.15) is 11.8 Å². The highest BCUT2D eigenvalue weighted by molar-refractivity contribution is 8.00. The lowest BCUT2D eigenvalue weighted by Gasteiger charge is -2.30. The van der Waals surface area contributed by atoms with Crippen LogP contribution in [-0.2, 0) is 31.8 Å². The number of nitrogens with zero attached hydrogens (tertiary/aromatic N) is 2. The van der Waals surface area contributed by atoms with Crippen LogP contribution >= 0.6 is 34.7 Å². The monoisotopic (exact) mass is 701 g/mol. The smallest absolute Gasteiger partial charge is 0.418 e. The van der Waals surface area contributed by atoms with Crippen molar-refractivity contribution >= 4 is 69.8 Å². The molecule has 47 heavy (non-hydrogen) atoms. The predicted molar refractivity (Wildman–Crippen MR) is 170 cm³/mol. The summed E-state index contributed by atoms with van der Waals surface area (Å²) >= 11 is 7.79. The van der Waals surface area contributed by atoms with Crippen molar-refractivity contribution in [3.8, 4) is 0 Å². The molecule has 1 N–H and O–H groups in total. The topological polar surface area (TPSA) is 115 Å². The number of imide groups is 1. The van der Waals surface area contributed by atoms with E-state index in [1.807, 2.05) is 0 Å². The zero-order valence-electron chi connectivity index (χ0n) is 24.2. The molecule has 15 heteroatoms. The van der Waals surface area contributed by atoms with E-state index in [9.17, 15) is 37.1 Å². The summed E-state index contributed by atoms with van der Waals surface area (Å²) < 4.78 is 48.1. The van der Waals surface area contributed by atoms with Crippen LogP contribution < -0.4 is 15.1 Å². The summed E-state index contributed by atoms with van der Waals surface area (Å²) in [5.74, 6) is -4.82. The van der Waals surface area contributed by atoms with Gasteiger partial charge in [-0.3, -0.25) is 23.7 Å². The number of alkyl halides is 3. The van der Waals surface area contributed by atoms with E-state index in [1.165, 1.54) is 41.0 Å². The number of hydrogen-bond donors (Lipinski definition) is 1. The fourth-order valence-corrected chi connectivity index (χ4v) is 8.58. The number of fused-ring (bicyclic) bond motifs is 2. The minimum absolute atomic E-state index is 0.203. The second-order valence-corrected chi connectivity index (χ2v) is 13.1. The van der Waals surface area contributed by atoms with E-state index in [1.54, 1.807) is 31.2 Å². The van der Waals surface area contributed by atoms with Crippen LogP contribution in [0.2, 0.25) is 5.02 Å². The number of esters is 1. The number of thiazole rings is 1. The van der Waals surface area contributed by atoms with Crippen molar-refractivity contribution in [2.75, 3.05) is 16.8 Å². The third-order valence-corrected chi connectivity index (χ3v) is 10.6. The number of carbonyl (C=O) groups is 4. The quantitative estimate of drug-likeness (QED) is 0.181. The zero-order chi connectivity index (χ0) is 33.6. The Balaban J connectivity index is 1.36. The Hall–Kier alpha value is -4.40. The maximum Gasteiger partial charge on any atom is 0.418 e. The molecular formula is C32H23ClF3N3O6S2. The minimum atomic E-state index is -4.83. The molecule has 3 aromatic carbocycles. The fourth-order valence-electron chi connectivity index (χ4n) is 5.68. The summed E-state index contributed by atoms with van der Waals surface area (Å²) in [6.45, 7) is 1.43. The molecular weight excluding hydrogens is 679 g/mol. The molecule has 1 saturated heterocycles. The molecule has 2 aliphatic rings. The number of nitrogens with one attached hydrogen (secondary N) is 1. The third-order valence-electron chi connectivity index (χ3n) is 7.71. The third kappa shape index (κ3) is 6.08. The van der Waals surface area contributed by atoms with E-state index in [0.29, 0.717) is 26.1 Å². The molecule has 1 aromatic heterocycles. The number of hydrogen-bond acceptors (Lipinski definition) is 8. The highest BCUT2D eigenvalue weighted by Crippen LogP contribution is 2.54. The van der Waals surface area contributed by atoms with E-state index in [0.717, 1.165) is 35.2 Å². The lowest BCUT2D eigenvalue weighted by Crippen LogP contribution is -2.33. The van der Waals surface area contributed by atoms with Crippen molar-refractivity contribution in [1.29, 1.82) is 0 Å². The van der Waals surface area contributed by atoms with Gasteiger partial charge in [0.15, 0.2) is 0 Å². The molecule has 0 aliphatic carbocycles. The maximum atomic E-state index is 14.0. The van der Waals surface area contributed by atoms with Gasteiger partial charge in [0.25, 0.3) is 0 Å². The van der Waals surface area contributed by atoms with Gasteiger partial charge in [-0.1, -0.05) is 59.0 Å². The Kier molecular flexibility index (Phi) is 8.76. The van der Waals surface area contributed by atoms with Crippen LogP contribution in [0.4, 0.5) is 24.5 Å². The van der Waals surface area contributed by atoms with E-state index in [-0.39, 0.29) is 17.2 Å². The van der Waals surface area contributed by atoms with Crippen molar-refractivity contribution in [2.45, 2.75) is 35.8 Å². The summed E-state index contributed by atoms with van der Waals surface area (Å²) in [4.78, 5) is 66.7. The summed E-state index contributed by atoms with van der Waals surface area (Å²) in [5.41, 5.74) is -0.545. The summed E-state index contributed by atoms with van der Waals surface area (Å²) in [7, 11) is 0. The molecule has 0 radical (unpaired) electrons. The first-order valence-corrected chi connectivity index (χ1v) is 16.2. The SMILES string of the molecule is CCOC(=O)c1ccc(NC(=O)Cn2c3c(sc2=O)[C@@H](c2ccc(Cl)cc2)[C@@H]2C(=O)N(c4ccccc4C(F)(F)F)C(=O)[C@@H]2S3)cc1. The fraction of sp³-hybridized carbons (Fsp3) is 0.219. The zero-order valence-corrected chi connectivity index (χ0v) is 26.6. The highest BCUT2D eigenvalue weighted by Gasteiger charge is 2.57. The predicted octanol–water partition coefficient (Wildman–Crippen LogP) is 6.19. The number of benzene rings is 3. The maximum absolute atomic E-state index is 14.0. The number of ether oxygens (including phenoxy) is 1. The van der Waals surface area contributed by atoms with E-state index in [2.05, 4.69) is 5.32 Å². The number of carbonyl (C=O) groups excluding carboxylic acids is 4. The minimum Gasteiger partial charge on any atom is -0.462 e. The van der Waals surface area contributed by atoms with Crippen molar-refractivity contribution in [1.82, 2.24) is 4.57 Å². The highest BCUT2D eigenvalue weighted by atomic mass is 35.5. The van der Waals surface area contributed by atoms with Crippen molar-refractivity contribution in [3.63, 3.8) is 0 Å². The first kappa shape index (κ1) is 32.5. The largest absolute Gasteiger partial charge is 0.462 e. The number of rotatable bonds is 7. The van der Waals surface area contributed by atoms with Gasteiger partial charge in [0, 0.05) is 21.5 Å². The average Bonchev–Trinajstić information content (AvgIpc) is 3.47. The van der Waals surface area contributed by atoms with E-state index in [4.69, 9.17) is 16.3 Å². The number of thioether (sulfide) groups is 1. The first-order chi connectivity index (χ1) is 22.4. The Morgan fingerprint density at radius 3 is 2.30 bits per heavy atom. The van der Waals surface area contributed by atoms with Crippen LogP contribution in [0.3, 0.4) is 0 Å². The molecule has 2 aliphatic heterocycles. The van der Waals surface area contributed by atoms with Gasteiger partial charge >= 0.3 is 17.0 Å². The Morgan fingerprint density at radius 2 is 1.64 bits per heavy atom. The second-order valence-electron chi connectivity index (χ2n) is 10.6. The van der Waals surface area contributed by atoms with Crippen molar-refractivity contribution < 1.29 is 37.1 Å². The Labute approximate surface area is 278 Å². The lowest BCUT2D eigenvalue weighted by molar-refractivity contribution is -0.137. The number of para-hydroxylation sites is 1.